The van der Waals surface area contributed by atoms with E-state index in [4.69, 9.17) is 15.9 Å². The van der Waals surface area contributed by atoms with E-state index in [9.17, 15) is 26.3 Å². The van der Waals surface area contributed by atoms with Crippen molar-refractivity contribution in [3.63, 3.8) is 0 Å². The second-order valence-corrected chi connectivity index (χ2v) is 7.49. The Hall–Kier alpha value is -3.43. The lowest BCUT2D eigenvalue weighted by Crippen LogP contribution is -2.59. The molecule has 0 radical (unpaired) electrons. The number of alkyl halides is 6. The van der Waals surface area contributed by atoms with Crippen molar-refractivity contribution in [3.05, 3.63) is 64.9 Å². The van der Waals surface area contributed by atoms with Gasteiger partial charge in [0.1, 0.15) is 5.35 Å². The standard InChI is InChI=1S/C22H17F6N3O/c23-21(24,25)20(22(26,27)28,13-6-8-15(29)16(30)10-13)14-7-9-17-18(11-14)32-19(31-17)12-4-2-1-3-5-12/h1-6,8-11,14H,7,29-30H2. The third-order valence-electron chi connectivity index (χ3n) is 5.61. The van der Waals surface area contributed by atoms with Crippen LogP contribution >= 0.6 is 0 Å². The maximum absolute atomic E-state index is 14.3. The molecule has 10 heteroatoms. The molecule has 0 saturated carbocycles. The zero-order chi connectivity index (χ0) is 23.3. The second-order valence-electron chi connectivity index (χ2n) is 7.49. The molecule has 2 aromatic carbocycles. The maximum atomic E-state index is 14.3. The largest absolute Gasteiger partial charge is 0.436 e. The minimum Gasteiger partial charge on any atom is -0.436 e. The van der Waals surface area contributed by atoms with Gasteiger partial charge >= 0.3 is 12.4 Å². The van der Waals surface area contributed by atoms with E-state index in [0.29, 0.717) is 17.7 Å². The summed E-state index contributed by atoms with van der Waals surface area (Å²) in [5.41, 5.74) is 5.74. The molecule has 0 bridgehead atoms. The first-order valence-corrected chi connectivity index (χ1v) is 9.48. The highest BCUT2D eigenvalue weighted by Crippen LogP contribution is 2.58. The van der Waals surface area contributed by atoms with Gasteiger partial charge in [0.2, 0.25) is 5.89 Å². The van der Waals surface area contributed by atoms with Gasteiger partial charge in [-0.1, -0.05) is 30.3 Å². The van der Waals surface area contributed by atoms with Crippen LogP contribution in [0.3, 0.4) is 0 Å². The van der Waals surface area contributed by atoms with Crippen LogP contribution in [-0.4, -0.2) is 17.3 Å². The predicted molar refractivity (Wildman–Crippen MR) is 107 cm³/mol. The number of aromatic nitrogens is 1. The molecule has 32 heavy (non-hydrogen) atoms. The highest BCUT2D eigenvalue weighted by Gasteiger charge is 2.74. The van der Waals surface area contributed by atoms with Crippen LogP contribution in [0.15, 0.2) is 52.9 Å². The van der Waals surface area contributed by atoms with Crippen molar-refractivity contribution in [1.29, 1.82) is 0 Å². The highest BCUT2D eigenvalue weighted by atomic mass is 19.4. The number of nitrogens with two attached hydrogens (primary N) is 2. The van der Waals surface area contributed by atoms with E-state index in [2.05, 4.69) is 4.98 Å². The van der Waals surface area contributed by atoms with Crippen molar-refractivity contribution in [2.45, 2.75) is 24.2 Å². The van der Waals surface area contributed by atoms with Crippen LogP contribution in [-0.2, 0) is 5.41 Å². The van der Waals surface area contributed by atoms with Gasteiger partial charge in [0.25, 0.3) is 0 Å². The van der Waals surface area contributed by atoms with Gasteiger partial charge in [-0.3, -0.25) is 0 Å². The number of anilines is 2. The highest BCUT2D eigenvalue weighted by molar-refractivity contribution is 5.65. The summed E-state index contributed by atoms with van der Waals surface area (Å²) in [6, 6.07) is 10.8. The lowest BCUT2D eigenvalue weighted by atomic mass is 9.66. The third-order valence-corrected chi connectivity index (χ3v) is 5.61. The molecule has 1 heterocycles. The SMILES string of the molecule is Nc1ccc(C(C2C=c3oc(-c4ccccc4)nc3=CC2)(C(F)(F)F)C(F)(F)F)cc1N. The topological polar surface area (TPSA) is 78.1 Å². The summed E-state index contributed by atoms with van der Waals surface area (Å²) in [4.78, 5) is 4.21. The Labute approximate surface area is 177 Å². The van der Waals surface area contributed by atoms with Crippen LogP contribution in [0.2, 0.25) is 0 Å². The first kappa shape index (κ1) is 21.8. The first-order chi connectivity index (χ1) is 14.9. The molecule has 4 rings (SSSR count). The van der Waals surface area contributed by atoms with Crippen LogP contribution in [0.1, 0.15) is 12.0 Å². The molecular formula is C22H17F6N3O. The number of nitrogens with zero attached hydrogens (tertiary/aromatic N) is 1. The van der Waals surface area contributed by atoms with Crippen molar-refractivity contribution in [1.82, 2.24) is 4.98 Å². The van der Waals surface area contributed by atoms with Gasteiger partial charge in [-0.15, -0.1) is 0 Å². The van der Waals surface area contributed by atoms with Gasteiger partial charge in [-0.25, -0.2) is 4.98 Å². The zero-order valence-corrected chi connectivity index (χ0v) is 16.3. The number of benzene rings is 2. The summed E-state index contributed by atoms with van der Waals surface area (Å²) >= 11 is 0. The van der Waals surface area contributed by atoms with Crippen molar-refractivity contribution >= 4 is 23.5 Å². The quantitative estimate of drug-likeness (QED) is 0.462. The maximum Gasteiger partial charge on any atom is 0.407 e. The minimum absolute atomic E-state index is 0.102. The van der Waals surface area contributed by atoms with Gasteiger partial charge in [-0.2, -0.15) is 26.3 Å². The summed E-state index contributed by atoms with van der Waals surface area (Å²) in [6.45, 7) is 0. The molecule has 1 atom stereocenters. The van der Waals surface area contributed by atoms with Crippen molar-refractivity contribution in [3.8, 4) is 11.5 Å². The number of oxazole rings is 1. The van der Waals surface area contributed by atoms with Crippen LogP contribution < -0.4 is 22.2 Å². The fourth-order valence-electron chi connectivity index (χ4n) is 4.05. The summed E-state index contributed by atoms with van der Waals surface area (Å²) in [5, 5.41) is 0.190. The van der Waals surface area contributed by atoms with Crippen LogP contribution in [0.5, 0.6) is 0 Å². The van der Waals surface area contributed by atoms with Gasteiger partial charge in [-0.05, 0) is 42.3 Å². The first-order valence-electron chi connectivity index (χ1n) is 9.48. The average molecular weight is 453 g/mol. The fraction of sp³-hybridized carbons (Fsp3) is 0.227. The molecule has 4 nitrogen and oxygen atoms in total. The Bertz CT molecular complexity index is 1250. The Morgan fingerprint density at radius 2 is 1.53 bits per heavy atom. The summed E-state index contributed by atoms with van der Waals surface area (Å²) in [6.07, 6.45) is -9.87. The van der Waals surface area contributed by atoms with Gasteiger partial charge < -0.3 is 15.9 Å². The molecule has 168 valence electrons. The van der Waals surface area contributed by atoms with E-state index in [0.717, 1.165) is 12.1 Å². The van der Waals surface area contributed by atoms with Gasteiger partial charge in [0.15, 0.2) is 10.8 Å². The molecular weight excluding hydrogens is 436 g/mol. The average Bonchev–Trinajstić information content (AvgIpc) is 3.13. The molecule has 0 fully saturated rings. The summed E-state index contributed by atoms with van der Waals surface area (Å²) in [7, 11) is 0. The monoisotopic (exact) mass is 453 g/mol. The van der Waals surface area contributed by atoms with Crippen LogP contribution in [0, 0.1) is 5.92 Å². The van der Waals surface area contributed by atoms with E-state index in [1.165, 1.54) is 6.08 Å². The van der Waals surface area contributed by atoms with E-state index < -0.39 is 35.7 Å². The predicted octanol–water partition coefficient (Wildman–Crippen LogP) is 4.15. The van der Waals surface area contributed by atoms with E-state index in [1.807, 2.05) is 0 Å². The van der Waals surface area contributed by atoms with E-state index in [-0.39, 0.29) is 28.0 Å². The molecule has 0 aliphatic heterocycles. The van der Waals surface area contributed by atoms with E-state index in [1.54, 1.807) is 30.3 Å². The number of fused-ring (bicyclic) bond motifs is 1. The molecule has 0 saturated heterocycles. The number of hydrogen-bond donors (Lipinski definition) is 2. The van der Waals surface area contributed by atoms with Gasteiger partial charge in [0.05, 0.1) is 11.4 Å². The summed E-state index contributed by atoms with van der Waals surface area (Å²) in [5.74, 6) is -1.94. The molecule has 0 amide bonds. The Morgan fingerprint density at radius 1 is 0.875 bits per heavy atom. The Balaban J connectivity index is 1.94. The van der Waals surface area contributed by atoms with Crippen LogP contribution in [0.4, 0.5) is 37.7 Å². The van der Waals surface area contributed by atoms with E-state index >= 15 is 0 Å². The normalized spacial score (nSPS) is 16.8. The molecule has 3 aromatic rings. The van der Waals surface area contributed by atoms with Crippen LogP contribution in [0.25, 0.3) is 23.6 Å². The number of halogens is 6. The minimum atomic E-state index is -5.69. The molecule has 1 unspecified atom stereocenters. The Morgan fingerprint density at radius 3 is 2.12 bits per heavy atom. The second kappa shape index (κ2) is 7.32. The zero-order valence-electron chi connectivity index (χ0n) is 16.3. The lowest BCUT2D eigenvalue weighted by Gasteiger charge is -2.42. The molecule has 1 aliphatic carbocycles. The molecule has 1 aromatic heterocycles. The fourth-order valence-corrected chi connectivity index (χ4v) is 4.05. The van der Waals surface area contributed by atoms with Crippen molar-refractivity contribution in [2.24, 2.45) is 5.92 Å². The molecule has 1 aliphatic rings. The van der Waals surface area contributed by atoms with Gasteiger partial charge in [0, 0.05) is 11.5 Å². The third kappa shape index (κ3) is 3.30. The number of hydrogen-bond acceptors (Lipinski definition) is 4. The van der Waals surface area contributed by atoms with Crippen molar-refractivity contribution < 1.29 is 30.8 Å². The smallest absolute Gasteiger partial charge is 0.407 e. The van der Waals surface area contributed by atoms with Crippen molar-refractivity contribution in [2.75, 3.05) is 11.5 Å². The number of rotatable bonds is 3. The number of nitrogen functional groups attached to an aromatic ring is 2. The Kier molecular flexibility index (Phi) is 4.98. The summed E-state index contributed by atoms with van der Waals surface area (Å²) < 4.78 is 91.6. The molecule has 0 spiro atoms. The lowest BCUT2D eigenvalue weighted by molar-refractivity contribution is -0.313. The molecule has 4 N–H and O–H groups in total.